The van der Waals surface area contributed by atoms with Crippen molar-refractivity contribution in [3.05, 3.63) is 23.8 Å². The first-order valence-electron chi connectivity index (χ1n) is 7.64. The standard InChI is InChI=1S/C16H21N3O2/c1-16(10-18-15(17)19(16)9-11-2-3-11)12-4-5-13-14(8-12)21-7-6-20-13/h4-5,8,11H,2-3,6-7,9-10H2,1H3,(H2,17,18). The Bertz CT molecular complexity index is 597. The van der Waals surface area contributed by atoms with Crippen molar-refractivity contribution >= 4 is 5.96 Å². The van der Waals surface area contributed by atoms with Gasteiger partial charge in [0.05, 0.1) is 12.1 Å². The molecule has 2 N–H and O–H groups in total. The summed E-state index contributed by atoms with van der Waals surface area (Å²) in [7, 11) is 0. The van der Waals surface area contributed by atoms with E-state index in [9.17, 15) is 0 Å². The average Bonchev–Trinajstić information content (AvgIpc) is 3.28. The van der Waals surface area contributed by atoms with Crippen LogP contribution >= 0.6 is 0 Å². The molecule has 0 aromatic heterocycles. The molecule has 2 aliphatic heterocycles. The van der Waals surface area contributed by atoms with Crippen LogP contribution in [0.25, 0.3) is 0 Å². The van der Waals surface area contributed by atoms with E-state index in [1.807, 2.05) is 6.07 Å². The van der Waals surface area contributed by atoms with Gasteiger partial charge in [0.2, 0.25) is 0 Å². The molecule has 1 fully saturated rings. The monoisotopic (exact) mass is 287 g/mol. The van der Waals surface area contributed by atoms with E-state index >= 15 is 0 Å². The van der Waals surface area contributed by atoms with Crippen LogP contribution in [0.4, 0.5) is 0 Å². The molecule has 0 amide bonds. The minimum Gasteiger partial charge on any atom is -0.486 e. The molecule has 112 valence electrons. The number of nitrogens with two attached hydrogens (primary N) is 1. The van der Waals surface area contributed by atoms with E-state index in [0.29, 0.717) is 25.7 Å². The molecule has 4 rings (SSSR count). The zero-order valence-electron chi connectivity index (χ0n) is 12.3. The van der Waals surface area contributed by atoms with Gasteiger partial charge in [0.25, 0.3) is 0 Å². The maximum atomic E-state index is 6.13. The lowest BCUT2D eigenvalue weighted by Crippen LogP contribution is -2.48. The Kier molecular flexibility index (Phi) is 2.77. The summed E-state index contributed by atoms with van der Waals surface area (Å²) in [5.41, 5.74) is 7.14. The highest BCUT2D eigenvalue weighted by Gasteiger charge is 2.42. The molecule has 5 heteroatoms. The summed E-state index contributed by atoms with van der Waals surface area (Å²) >= 11 is 0. The number of hydrogen-bond donors (Lipinski definition) is 1. The number of fused-ring (bicyclic) bond motifs is 1. The van der Waals surface area contributed by atoms with Crippen LogP contribution in [0, 0.1) is 5.92 Å². The first-order valence-corrected chi connectivity index (χ1v) is 7.64. The van der Waals surface area contributed by atoms with Crippen LogP contribution in [0.15, 0.2) is 23.2 Å². The highest BCUT2D eigenvalue weighted by Crippen LogP contribution is 2.41. The molecule has 5 nitrogen and oxygen atoms in total. The maximum Gasteiger partial charge on any atom is 0.192 e. The Labute approximate surface area is 124 Å². The van der Waals surface area contributed by atoms with E-state index in [1.54, 1.807) is 0 Å². The van der Waals surface area contributed by atoms with Crippen LogP contribution < -0.4 is 15.2 Å². The molecular weight excluding hydrogens is 266 g/mol. The Morgan fingerprint density at radius 2 is 2.05 bits per heavy atom. The van der Waals surface area contributed by atoms with Crippen molar-refractivity contribution in [2.75, 3.05) is 26.3 Å². The lowest BCUT2D eigenvalue weighted by atomic mass is 9.90. The van der Waals surface area contributed by atoms with Crippen LogP contribution in [-0.2, 0) is 5.54 Å². The van der Waals surface area contributed by atoms with Gasteiger partial charge in [0, 0.05) is 6.54 Å². The van der Waals surface area contributed by atoms with Gasteiger partial charge in [0.1, 0.15) is 13.2 Å². The number of guanidine groups is 1. The molecule has 1 aromatic carbocycles. The molecule has 0 radical (unpaired) electrons. The zero-order chi connectivity index (χ0) is 14.4. The molecule has 1 saturated carbocycles. The summed E-state index contributed by atoms with van der Waals surface area (Å²) in [5, 5.41) is 0. The Hall–Kier alpha value is -1.91. The highest BCUT2D eigenvalue weighted by atomic mass is 16.6. The van der Waals surface area contributed by atoms with E-state index in [4.69, 9.17) is 15.2 Å². The average molecular weight is 287 g/mol. The summed E-state index contributed by atoms with van der Waals surface area (Å²) < 4.78 is 11.3. The van der Waals surface area contributed by atoms with Crippen molar-refractivity contribution in [1.82, 2.24) is 4.90 Å². The lowest BCUT2D eigenvalue weighted by molar-refractivity contribution is 0.169. The van der Waals surface area contributed by atoms with Crippen molar-refractivity contribution in [3.8, 4) is 11.5 Å². The summed E-state index contributed by atoms with van der Waals surface area (Å²) in [5.74, 6) is 3.10. The van der Waals surface area contributed by atoms with E-state index in [-0.39, 0.29) is 5.54 Å². The molecule has 1 aromatic rings. The smallest absolute Gasteiger partial charge is 0.192 e. The number of nitrogens with zero attached hydrogens (tertiary/aromatic N) is 2. The van der Waals surface area contributed by atoms with Crippen LogP contribution in [0.3, 0.4) is 0 Å². The summed E-state index contributed by atoms with van der Waals surface area (Å²) in [6, 6.07) is 6.20. The van der Waals surface area contributed by atoms with Crippen molar-refractivity contribution in [2.24, 2.45) is 16.6 Å². The molecule has 3 aliphatic rings. The zero-order valence-corrected chi connectivity index (χ0v) is 12.3. The Balaban J connectivity index is 1.67. The summed E-state index contributed by atoms with van der Waals surface area (Å²) in [4.78, 5) is 6.75. The third-order valence-electron chi connectivity index (χ3n) is 4.72. The number of aliphatic imine (C=N–C) groups is 1. The van der Waals surface area contributed by atoms with Gasteiger partial charge >= 0.3 is 0 Å². The van der Waals surface area contributed by atoms with E-state index in [0.717, 1.165) is 24.0 Å². The van der Waals surface area contributed by atoms with Gasteiger partial charge in [-0.2, -0.15) is 0 Å². The highest BCUT2D eigenvalue weighted by molar-refractivity contribution is 5.81. The molecule has 2 heterocycles. The van der Waals surface area contributed by atoms with E-state index in [1.165, 1.54) is 18.4 Å². The minimum absolute atomic E-state index is 0.178. The fraction of sp³-hybridized carbons (Fsp3) is 0.562. The maximum absolute atomic E-state index is 6.13. The van der Waals surface area contributed by atoms with E-state index in [2.05, 4.69) is 28.9 Å². The molecule has 0 spiro atoms. The molecule has 21 heavy (non-hydrogen) atoms. The van der Waals surface area contributed by atoms with Crippen LogP contribution in [0.1, 0.15) is 25.3 Å². The number of rotatable bonds is 3. The predicted octanol–water partition coefficient (Wildman–Crippen LogP) is 1.71. The van der Waals surface area contributed by atoms with Gasteiger partial charge in [-0.25, -0.2) is 0 Å². The fourth-order valence-electron chi connectivity index (χ4n) is 3.14. The van der Waals surface area contributed by atoms with E-state index < -0.39 is 0 Å². The predicted molar refractivity (Wildman–Crippen MR) is 80.7 cm³/mol. The SMILES string of the molecule is CC1(c2ccc3c(c2)OCCO3)CN=C(N)N1CC1CC1. The van der Waals surface area contributed by atoms with Gasteiger partial charge in [-0.1, -0.05) is 6.07 Å². The Morgan fingerprint density at radius 3 is 2.81 bits per heavy atom. The van der Waals surface area contributed by atoms with Crippen molar-refractivity contribution in [3.63, 3.8) is 0 Å². The first kappa shape index (κ1) is 12.8. The molecule has 1 aliphatic carbocycles. The van der Waals surface area contributed by atoms with Gasteiger partial charge in [-0.15, -0.1) is 0 Å². The van der Waals surface area contributed by atoms with Gasteiger partial charge in [-0.05, 0) is 43.4 Å². The molecule has 0 saturated heterocycles. The molecule has 0 bridgehead atoms. The van der Waals surface area contributed by atoms with Crippen molar-refractivity contribution in [2.45, 2.75) is 25.3 Å². The number of benzene rings is 1. The third-order valence-corrected chi connectivity index (χ3v) is 4.72. The lowest BCUT2D eigenvalue weighted by Gasteiger charge is -2.37. The minimum atomic E-state index is -0.178. The molecule has 1 unspecified atom stereocenters. The van der Waals surface area contributed by atoms with Gasteiger partial charge < -0.3 is 20.1 Å². The van der Waals surface area contributed by atoms with Gasteiger partial charge in [-0.3, -0.25) is 4.99 Å². The normalized spacial score (nSPS) is 27.7. The Morgan fingerprint density at radius 1 is 1.29 bits per heavy atom. The first-order chi connectivity index (χ1) is 10.2. The fourth-order valence-corrected chi connectivity index (χ4v) is 3.14. The summed E-state index contributed by atoms with van der Waals surface area (Å²) in [6.45, 7) is 5.14. The van der Waals surface area contributed by atoms with Crippen LogP contribution in [-0.4, -0.2) is 37.2 Å². The quantitative estimate of drug-likeness (QED) is 0.919. The van der Waals surface area contributed by atoms with Crippen LogP contribution in [0.5, 0.6) is 11.5 Å². The van der Waals surface area contributed by atoms with Crippen LogP contribution in [0.2, 0.25) is 0 Å². The van der Waals surface area contributed by atoms with Crippen molar-refractivity contribution < 1.29 is 9.47 Å². The molecule has 1 atom stereocenters. The third kappa shape index (κ3) is 2.11. The second kappa shape index (κ2) is 4.55. The second-order valence-corrected chi connectivity index (χ2v) is 6.36. The second-order valence-electron chi connectivity index (χ2n) is 6.36. The number of ether oxygens (including phenoxy) is 2. The topological polar surface area (TPSA) is 60.1 Å². The number of hydrogen-bond acceptors (Lipinski definition) is 5. The van der Waals surface area contributed by atoms with Gasteiger partial charge in [0.15, 0.2) is 17.5 Å². The molecular formula is C16H21N3O2. The summed E-state index contributed by atoms with van der Waals surface area (Å²) in [6.07, 6.45) is 2.61. The largest absolute Gasteiger partial charge is 0.486 e. The van der Waals surface area contributed by atoms with Crippen molar-refractivity contribution in [1.29, 1.82) is 0 Å².